The van der Waals surface area contributed by atoms with Gasteiger partial charge in [0.05, 0.1) is 13.5 Å². The van der Waals surface area contributed by atoms with Crippen molar-refractivity contribution in [2.75, 3.05) is 7.11 Å². The first kappa shape index (κ1) is 18.2. The van der Waals surface area contributed by atoms with Crippen molar-refractivity contribution in [3.63, 3.8) is 0 Å². The number of amides is 1. The Balaban J connectivity index is 1.88. The van der Waals surface area contributed by atoms with Gasteiger partial charge in [-0.2, -0.15) is 0 Å². The molecule has 6 heteroatoms. The van der Waals surface area contributed by atoms with Gasteiger partial charge in [0.15, 0.2) is 0 Å². The summed E-state index contributed by atoms with van der Waals surface area (Å²) in [6.45, 7) is 0. The number of aryl methyl sites for hydroxylation is 1. The Morgan fingerprint density at radius 1 is 1.23 bits per heavy atom. The molecule has 1 aromatic heterocycles. The van der Waals surface area contributed by atoms with Crippen LogP contribution in [0.2, 0.25) is 0 Å². The van der Waals surface area contributed by atoms with Crippen LogP contribution in [0.5, 0.6) is 5.75 Å². The number of aromatic nitrogens is 2. The fourth-order valence-electron chi connectivity index (χ4n) is 2.84. The van der Waals surface area contributed by atoms with Gasteiger partial charge in [0.1, 0.15) is 17.6 Å². The first-order chi connectivity index (χ1) is 12.6. The Hall–Kier alpha value is -2.60. The van der Waals surface area contributed by atoms with E-state index in [1.165, 1.54) is 0 Å². The van der Waals surface area contributed by atoms with Gasteiger partial charge in [-0.05, 0) is 23.8 Å². The number of hydrogen-bond donors (Lipinski definition) is 1. The average Bonchev–Trinajstić information content (AvgIpc) is 3.07. The molecule has 0 aliphatic rings. The monoisotopic (exact) mass is 413 g/mol. The highest BCUT2D eigenvalue weighted by Crippen LogP contribution is 2.29. The normalized spacial score (nSPS) is 11.8. The summed E-state index contributed by atoms with van der Waals surface area (Å²) in [5, 5.41) is 3.10. The molecular formula is C20H20BrN3O2. The molecule has 0 saturated heterocycles. The molecule has 134 valence electrons. The van der Waals surface area contributed by atoms with Gasteiger partial charge in [-0.1, -0.05) is 46.3 Å². The molecule has 1 atom stereocenters. The molecule has 0 bridgehead atoms. The van der Waals surface area contributed by atoms with Crippen molar-refractivity contribution in [3.05, 3.63) is 82.3 Å². The van der Waals surface area contributed by atoms with Crippen LogP contribution >= 0.6 is 15.9 Å². The lowest BCUT2D eigenvalue weighted by Gasteiger charge is -2.21. The van der Waals surface area contributed by atoms with Crippen LogP contribution in [0.1, 0.15) is 23.0 Å². The van der Waals surface area contributed by atoms with E-state index in [0.29, 0.717) is 12.2 Å². The second kappa shape index (κ2) is 8.19. The van der Waals surface area contributed by atoms with E-state index in [2.05, 4.69) is 26.2 Å². The molecule has 26 heavy (non-hydrogen) atoms. The van der Waals surface area contributed by atoms with E-state index >= 15 is 0 Å². The summed E-state index contributed by atoms with van der Waals surface area (Å²) in [6.07, 6.45) is 3.88. The van der Waals surface area contributed by atoms with E-state index < -0.39 is 6.04 Å². The second-order valence-electron chi connectivity index (χ2n) is 5.94. The fraction of sp³-hybridized carbons (Fsp3) is 0.200. The third-order valence-corrected chi connectivity index (χ3v) is 4.68. The maximum absolute atomic E-state index is 12.7. The second-order valence-corrected chi connectivity index (χ2v) is 6.86. The molecule has 2 aromatic carbocycles. The molecule has 3 rings (SSSR count). The summed E-state index contributed by atoms with van der Waals surface area (Å²) >= 11 is 3.41. The predicted octanol–water partition coefficient (Wildman–Crippen LogP) is 3.64. The van der Waals surface area contributed by atoms with Crippen LogP contribution in [0.4, 0.5) is 0 Å². The number of methoxy groups -OCH3 is 1. The fourth-order valence-corrected chi connectivity index (χ4v) is 3.11. The van der Waals surface area contributed by atoms with Crippen LogP contribution in [0.25, 0.3) is 0 Å². The van der Waals surface area contributed by atoms with E-state index in [9.17, 15) is 4.79 Å². The highest BCUT2D eigenvalue weighted by atomic mass is 79.9. The summed E-state index contributed by atoms with van der Waals surface area (Å²) in [6, 6.07) is 15.0. The maximum Gasteiger partial charge on any atom is 0.225 e. The highest BCUT2D eigenvalue weighted by molar-refractivity contribution is 9.10. The Morgan fingerprint density at radius 3 is 2.62 bits per heavy atom. The van der Waals surface area contributed by atoms with Gasteiger partial charge >= 0.3 is 0 Å². The molecule has 0 saturated carbocycles. The molecule has 1 N–H and O–H groups in total. The lowest BCUT2D eigenvalue weighted by molar-refractivity contribution is -0.121. The van der Waals surface area contributed by atoms with Gasteiger partial charge in [-0.25, -0.2) is 4.98 Å². The molecule has 0 spiro atoms. The molecular weight excluding hydrogens is 394 g/mol. The average molecular weight is 414 g/mol. The minimum absolute atomic E-state index is 0.0776. The number of imidazole rings is 1. The third-order valence-electron chi connectivity index (χ3n) is 4.15. The van der Waals surface area contributed by atoms with Crippen LogP contribution in [0.15, 0.2) is 65.4 Å². The lowest BCUT2D eigenvalue weighted by atomic mass is 10.0. The zero-order valence-corrected chi connectivity index (χ0v) is 16.2. The number of hydrogen-bond acceptors (Lipinski definition) is 3. The van der Waals surface area contributed by atoms with Crippen molar-refractivity contribution in [3.8, 4) is 5.75 Å². The largest absolute Gasteiger partial charge is 0.496 e. The van der Waals surface area contributed by atoms with Crippen molar-refractivity contribution in [1.82, 2.24) is 14.9 Å². The predicted molar refractivity (Wildman–Crippen MR) is 104 cm³/mol. The van der Waals surface area contributed by atoms with Gasteiger partial charge in [-0.15, -0.1) is 0 Å². The van der Waals surface area contributed by atoms with Crippen molar-refractivity contribution < 1.29 is 9.53 Å². The first-order valence-electron chi connectivity index (χ1n) is 8.22. The van der Waals surface area contributed by atoms with E-state index in [1.807, 2.05) is 66.3 Å². The SMILES string of the molecule is COc1ccccc1C(NC(=O)Cc1ccc(Br)cc1)c1nccn1C. The summed E-state index contributed by atoms with van der Waals surface area (Å²) < 4.78 is 8.37. The van der Waals surface area contributed by atoms with E-state index in [4.69, 9.17) is 4.74 Å². The van der Waals surface area contributed by atoms with Crippen LogP contribution in [0.3, 0.4) is 0 Å². The number of carbonyl (C=O) groups is 1. The van der Waals surface area contributed by atoms with Crippen molar-refractivity contribution in [2.24, 2.45) is 7.05 Å². The van der Waals surface area contributed by atoms with Gasteiger partial charge in [0, 0.05) is 29.5 Å². The zero-order chi connectivity index (χ0) is 18.5. The minimum atomic E-state index is -0.394. The number of ether oxygens (including phenoxy) is 1. The van der Waals surface area contributed by atoms with Crippen LogP contribution in [-0.4, -0.2) is 22.6 Å². The lowest BCUT2D eigenvalue weighted by Crippen LogP contribution is -2.32. The first-order valence-corrected chi connectivity index (χ1v) is 9.01. The smallest absolute Gasteiger partial charge is 0.225 e. The molecule has 1 unspecified atom stereocenters. The van der Waals surface area contributed by atoms with Crippen LogP contribution < -0.4 is 10.1 Å². The summed E-state index contributed by atoms with van der Waals surface area (Å²) in [7, 11) is 3.53. The van der Waals surface area contributed by atoms with E-state index in [-0.39, 0.29) is 5.91 Å². The molecule has 0 aliphatic heterocycles. The quantitative estimate of drug-likeness (QED) is 0.670. The maximum atomic E-state index is 12.7. The number of halogens is 1. The molecule has 1 heterocycles. The van der Waals surface area contributed by atoms with Crippen LogP contribution in [-0.2, 0) is 18.3 Å². The topological polar surface area (TPSA) is 56.1 Å². The number of benzene rings is 2. The Morgan fingerprint density at radius 2 is 1.96 bits per heavy atom. The van der Waals surface area contributed by atoms with Gasteiger partial charge in [0.2, 0.25) is 5.91 Å². The molecule has 5 nitrogen and oxygen atoms in total. The third kappa shape index (κ3) is 4.14. The Labute approximate surface area is 161 Å². The van der Waals surface area contributed by atoms with Crippen molar-refractivity contribution >= 4 is 21.8 Å². The molecule has 1 amide bonds. The molecule has 0 radical (unpaired) electrons. The van der Waals surface area contributed by atoms with Crippen molar-refractivity contribution in [2.45, 2.75) is 12.5 Å². The minimum Gasteiger partial charge on any atom is -0.496 e. The molecule has 0 fully saturated rings. The van der Waals surface area contributed by atoms with E-state index in [0.717, 1.165) is 21.4 Å². The number of para-hydroxylation sites is 1. The highest BCUT2D eigenvalue weighted by Gasteiger charge is 2.23. The summed E-state index contributed by atoms with van der Waals surface area (Å²) in [5.41, 5.74) is 1.82. The zero-order valence-electron chi connectivity index (χ0n) is 14.6. The number of carbonyl (C=O) groups excluding carboxylic acids is 1. The van der Waals surface area contributed by atoms with Gasteiger partial charge in [0.25, 0.3) is 0 Å². The number of nitrogens with one attached hydrogen (secondary N) is 1. The Bertz CT molecular complexity index is 890. The van der Waals surface area contributed by atoms with E-state index in [1.54, 1.807) is 13.3 Å². The number of nitrogens with zero attached hydrogens (tertiary/aromatic N) is 2. The van der Waals surface area contributed by atoms with Crippen LogP contribution in [0, 0.1) is 0 Å². The van der Waals surface area contributed by atoms with Gasteiger partial charge in [-0.3, -0.25) is 4.79 Å². The van der Waals surface area contributed by atoms with Crippen molar-refractivity contribution in [1.29, 1.82) is 0 Å². The summed E-state index contributed by atoms with van der Waals surface area (Å²) in [5.74, 6) is 1.38. The summed E-state index contributed by atoms with van der Waals surface area (Å²) in [4.78, 5) is 17.1. The van der Waals surface area contributed by atoms with Gasteiger partial charge < -0.3 is 14.6 Å². The standard InChI is InChI=1S/C20H20BrN3O2/c1-24-12-11-22-20(24)19(16-5-3-4-6-17(16)26-2)23-18(25)13-14-7-9-15(21)10-8-14/h3-12,19H,13H2,1-2H3,(H,23,25). The molecule has 3 aromatic rings. The Kier molecular flexibility index (Phi) is 5.73. The molecule has 0 aliphatic carbocycles. The number of rotatable bonds is 6.